The minimum absolute atomic E-state index is 0. The van der Waals surface area contributed by atoms with Gasteiger partial charge in [-0.3, -0.25) is 9.69 Å². The zero-order chi connectivity index (χ0) is 22.8. The van der Waals surface area contributed by atoms with Crippen LogP contribution in [-0.4, -0.2) is 40.6 Å². The molecule has 1 aliphatic heterocycles. The number of carbonyl (C=O) groups excluding carboxylic acids is 2. The van der Waals surface area contributed by atoms with Crippen molar-refractivity contribution in [3.8, 4) is 0 Å². The molecule has 166 valence electrons. The van der Waals surface area contributed by atoms with Crippen LogP contribution in [0.1, 0.15) is 46.4 Å². The smallest absolute Gasteiger partial charge is 0.545 e. The van der Waals surface area contributed by atoms with Crippen molar-refractivity contribution in [1.29, 1.82) is 0 Å². The molecule has 0 unspecified atom stereocenters. The number of aromatic carboxylic acids is 1. The number of rotatable bonds is 6. The summed E-state index contributed by atoms with van der Waals surface area (Å²) in [4.78, 5) is 25.3. The van der Waals surface area contributed by atoms with Crippen LogP contribution in [0.4, 0.5) is 13.2 Å². The number of carbonyl (C=O) groups is 2. The van der Waals surface area contributed by atoms with E-state index in [1.807, 2.05) is 0 Å². The predicted molar refractivity (Wildman–Crippen MR) is 104 cm³/mol. The van der Waals surface area contributed by atoms with E-state index >= 15 is 0 Å². The summed E-state index contributed by atoms with van der Waals surface area (Å²) in [6.07, 6.45) is -5.06. The predicted octanol–water partition coefficient (Wildman–Crippen LogP) is -1.11. The number of likely N-dealkylation sites (tertiary alicyclic amines) is 1. The van der Waals surface area contributed by atoms with E-state index < -0.39 is 35.9 Å². The van der Waals surface area contributed by atoms with Gasteiger partial charge in [0, 0.05) is 13.1 Å². The Kier molecular flexibility index (Phi) is 8.54. The SMILES string of the molecule is C[C@H](NC(=O)[C@H]1C[C@@H](O)CN1Cc1cccc(C(F)(F)F)c1)c1ccc(C(=O)[O-])cc1.[Li+]. The van der Waals surface area contributed by atoms with Crippen LogP contribution < -0.4 is 29.3 Å². The Morgan fingerprint density at radius 3 is 2.47 bits per heavy atom. The quantitative estimate of drug-likeness (QED) is 0.554. The number of amides is 1. The van der Waals surface area contributed by atoms with E-state index in [0.29, 0.717) is 11.1 Å². The Balaban J connectivity index is 0.00000363. The fraction of sp³-hybridized carbons (Fsp3) is 0.364. The van der Waals surface area contributed by atoms with Crippen LogP contribution in [0, 0.1) is 0 Å². The summed E-state index contributed by atoms with van der Waals surface area (Å²) >= 11 is 0. The standard InChI is InChI=1S/C22H23F3N2O4.Li/c1-13(15-5-7-16(8-6-15)21(30)31)26-20(29)19-10-18(28)12-27(19)11-14-3-2-4-17(9-14)22(23,24)25;/h2-9,13,18-19,28H,10-12H2,1H3,(H,26,29)(H,30,31);/q;+1/p-1/t13-,18+,19+;/m0./s1. The molecule has 0 aromatic heterocycles. The molecule has 0 radical (unpaired) electrons. The molecule has 3 atom stereocenters. The summed E-state index contributed by atoms with van der Waals surface area (Å²) in [6.45, 7) is 1.99. The van der Waals surface area contributed by atoms with Crippen LogP contribution in [0.15, 0.2) is 48.5 Å². The summed E-state index contributed by atoms with van der Waals surface area (Å²) in [5, 5.41) is 23.7. The molecule has 10 heteroatoms. The molecule has 1 amide bonds. The van der Waals surface area contributed by atoms with Crippen molar-refractivity contribution in [2.24, 2.45) is 0 Å². The van der Waals surface area contributed by atoms with Gasteiger partial charge in [0.25, 0.3) is 0 Å². The van der Waals surface area contributed by atoms with Crippen LogP contribution in [0.2, 0.25) is 0 Å². The Morgan fingerprint density at radius 1 is 1.22 bits per heavy atom. The monoisotopic (exact) mass is 442 g/mol. The molecule has 32 heavy (non-hydrogen) atoms. The summed E-state index contributed by atoms with van der Waals surface area (Å²) < 4.78 is 38.9. The van der Waals surface area contributed by atoms with Crippen molar-refractivity contribution in [3.05, 3.63) is 70.8 Å². The number of halogens is 3. The molecule has 2 aromatic carbocycles. The minimum Gasteiger partial charge on any atom is -0.545 e. The van der Waals surface area contributed by atoms with Gasteiger partial charge in [-0.1, -0.05) is 42.5 Å². The number of aliphatic hydroxyl groups excluding tert-OH is 1. The van der Waals surface area contributed by atoms with E-state index in [0.717, 1.165) is 12.1 Å². The number of aliphatic hydroxyl groups is 1. The Labute approximate surface area is 195 Å². The maximum atomic E-state index is 13.0. The summed E-state index contributed by atoms with van der Waals surface area (Å²) in [5.74, 6) is -1.66. The molecular weight excluding hydrogens is 420 g/mol. The molecule has 0 saturated carbocycles. The Hall–Kier alpha value is -2.31. The third-order valence-corrected chi connectivity index (χ3v) is 5.33. The maximum absolute atomic E-state index is 13.0. The van der Waals surface area contributed by atoms with Crippen LogP contribution in [-0.2, 0) is 17.5 Å². The fourth-order valence-electron chi connectivity index (χ4n) is 3.71. The molecule has 0 aliphatic carbocycles. The van der Waals surface area contributed by atoms with Crippen molar-refractivity contribution in [3.63, 3.8) is 0 Å². The largest absolute Gasteiger partial charge is 1.00 e. The molecule has 2 aromatic rings. The summed E-state index contributed by atoms with van der Waals surface area (Å²) in [5.41, 5.74) is 0.335. The van der Waals surface area contributed by atoms with E-state index in [1.165, 1.54) is 18.2 Å². The van der Waals surface area contributed by atoms with Gasteiger partial charge in [0.15, 0.2) is 0 Å². The molecule has 6 nitrogen and oxygen atoms in total. The van der Waals surface area contributed by atoms with E-state index in [-0.39, 0.29) is 49.8 Å². The second kappa shape index (κ2) is 10.5. The fourth-order valence-corrected chi connectivity index (χ4v) is 3.71. The Bertz CT molecular complexity index is 953. The number of carboxylic acid groups (broad SMARTS) is 1. The molecule has 1 aliphatic rings. The topological polar surface area (TPSA) is 92.7 Å². The van der Waals surface area contributed by atoms with Gasteiger partial charge >= 0.3 is 25.0 Å². The maximum Gasteiger partial charge on any atom is 1.00 e. The van der Waals surface area contributed by atoms with Gasteiger partial charge in [-0.25, -0.2) is 0 Å². The van der Waals surface area contributed by atoms with Gasteiger partial charge in [0.2, 0.25) is 5.91 Å². The molecule has 3 rings (SSSR count). The second-order valence-electron chi connectivity index (χ2n) is 7.67. The zero-order valence-electron chi connectivity index (χ0n) is 17.7. The molecule has 1 heterocycles. The van der Waals surface area contributed by atoms with Crippen molar-refractivity contribution >= 4 is 11.9 Å². The van der Waals surface area contributed by atoms with Gasteiger partial charge in [-0.15, -0.1) is 0 Å². The van der Waals surface area contributed by atoms with Crippen LogP contribution in [0.25, 0.3) is 0 Å². The van der Waals surface area contributed by atoms with Gasteiger partial charge in [-0.2, -0.15) is 13.2 Å². The normalized spacial score (nSPS) is 19.8. The van der Waals surface area contributed by atoms with Crippen molar-refractivity contribution in [2.75, 3.05) is 6.54 Å². The number of benzene rings is 2. The molecule has 2 N–H and O–H groups in total. The van der Waals surface area contributed by atoms with Gasteiger partial charge in [0.05, 0.1) is 29.7 Å². The van der Waals surface area contributed by atoms with Crippen LogP contribution in [0.3, 0.4) is 0 Å². The zero-order valence-corrected chi connectivity index (χ0v) is 17.7. The van der Waals surface area contributed by atoms with E-state index in [4.69, 9.17) is 0 Å². The van der Waals surface area contributed by atoms with Crippen LogP contribution in [0.5, 0.6) is 0 Å². The number of hydrogen-bond acceptors (Lipinski definition) is 5. The average molecular weight is 442 g/mol. The first kappa shape index (κ1) is 25.9. The number of nitrogens with one attached hydrogen (secondary N) is 1. The van der Waals surface area contributed by atoms with Crippen LogP contribution >= 0.6 is 0 Å². The van der Waals surface area contributed by atoms with E-state index in [9.17, 15) is 33.0 Å². The molecule has 1 fully saturated rings. The van der Waals surface area contributed by atoms with Crippen molar-refractivity contribution < 1.29 is 51.8 Å². The average Bonchev–Trinajstić information content (AvgIpc) is 3.07. The minimum atomic E-state index is -4.46. The van der Waals surface area contributed by atoms with Gasteiger partial charge in [0.1, 0.15) is 0 Å². The van der Waals surface area contributed by atoms with E-state index in [2.05, 4.69) is 5.32 Å². The number of hydrogen-bond donors (Lipinski definition) is 2. The second-order valence-corrected chi connectivity index (χ2v) is 7.67. The molecular formula is C22H22F3LiN2O4. The van der Waals surface area contributed by atoms with Gasteiger partial charge < -0.3 is 20.3 Å². The van der Waals surface area contributed by atoms with Crippen molar-refractivity contribution in [1.82, 2.24) is 10.2 Å². The van der Waals surface area contributed by atoms with Crippen molar-refractivity contribution in [2.45, 2.75) is 44.3 Å². The third kappa shape index (κ3) is 6.36. The molecule has 0 bridgehead atoms. The first-order chi connectivity index (χ1) is 14.5. The van der Waals surface area contributed by atoms with Gasteiger partial charge in [-0.05, 0) is 36.1 Å². The molecule has 0 spiro atoms. The third-order valence-electron chi connectivity index (χ3n) is 5.33. The first-order valence-corrected chi connectivity index (χ1v) is 9.74. The number of β-amino-alcohol motifs (C(OH)–C–C–N with tert-alkyl or cyclic N) is 1. The summed E-state index contributed by atoms with van der Waals surface area (Å²) in [6, 6.07) is 9.67. The number of carboxylic acids is 1. The Morgan fingerprint density at radius 2 is 1.88 bits per heavy atom. The summed E-state index contributed by atoms with van der Waals surface area (Å²) in [7, 11) is 0. The number of alkyl halides is 3. The molecule has 1 saturated heterocycles. The first-order valence-electron chi connectivity index (χ1n) is 9.74. The van der Waals surface area contributed by atoms with E-state index in [1.54, 1.807) is 30.0 Å². The number of nitrogens with zero attached hydrogens (tertiary/aromatic N) is 1.